The number of carbonyl (C=O) groups excluding carboxylic acids is 1. The molecule has 1 aliphatic heterocycles. The quantitative estimate of drug-likeness (QED) is 0.567. The fourth-order valence-corrected chi connectivity index (χ4v) is 3.96. The van der Waals surface area contributed by atoms with Crippen molar-refractivity contribution in [3.63, 3.8) is 0 Å². The Bertz CT molecular complexity index is 891. The van der Waals surface area contributed by atoms with Crippen molar-refractivity contribution in [2.75, 3.05) is 56.7 Å². The Labute approximate surface area is 190 Å². The number of carbonyl (C=O) groups is 1. The van der Waals surface area contributed by atoms with Crippen LogP contribution in [0.1, 0.15) is 36.5 Å². The molecule has 6 nitrogen and oxygen atoms in total. The maximum absolute atomic E-state index is 15.0. The minimum absolute atomic E-state index is 0.116. The largest absolute Gasteiger partial charge is 0.494 e. The summed E-state index contributed by atoms with van der Waals surface area (Å²) in [5.74, 6) is 0.193. The molecule has 1 amide bonds. The molecule has 0 saturated carbocycles. The number of ether oxygens (including phenoxy) is 1. The van der Waals surface area contributed by atoms with E-state index < -0.39 is 0 Å². The SMILES string of the molecule is CCCCOc1ccc(C(=O)N(C)c2ccc(N3CCC(N(C)CCO)C3)c(F)c2)cc1. The van der Waals surface area contributed by atoms with E-state index in [4.69, 9.17) is 9.84 Å². The molecule has 1 N–H and O–H groups in total. The molecule has 1 fully saturated rings. The summed E-state index contributed by atoms with van der Waals surface area (Å²) in [7, 11) is 3.63. The Morgan fingerprint density at radius 1 is 1.22 bits per heavy atom. The minimum atomic E-state index is -0.340. The highest BCUT2D eigenvalue weighted by atomic mass is 19.1. The Morgan fingerprint density at radius 3 is 2.62 bits per heavy atom. The number of hydrogen-bond donors (Lipinski definition) is 1. The summed E-state index contributed by atoms with van der Waals surface area (Å²) in [6.45, 7) is 4.97. The third kappa shape index (κ3) is 5.78. The molecule has 32 heavy (non-hydrogen) atoms. The van der Waals surface area contributed by atoms with Crippen molar-refractivity contribution >= 4 is 17.3 Å². The van der Waals surface area contributed by atoms with Gasteiger partial charge in [0.2, 0.25) is 0 Å². The average Bonchev–Trinajstić information content (AvgIpc) is 3.29. The number of unbranched alkanes of at least 4 members (excludes halogenated alkanes) is 1. The van der Waals surface area contributed by atoms with E-state index >= 15 is 0 Å². The van der Waals surface area contributed by atoms with E-state index in [2.05, 4.69) is 11.8 Å². The summed E-state index contributed by atoms with van der Waals surface area (Å²) >= 11 is 0. The first-order chi connectivity index (χ1) is 15.4. The van der Waals surface area contributed by atoms with Gasteiger partial charge in [0.25, 0.3) is 5.91 Å². The van der Waals surface area contributed by atoms with Crippen LogP contribution in [0.25, 0.3) is 0 Å². The summed E-state index contributed by atoms with van der Waals surface area (Å²) in [6, 6.07) is 12.3. The fourth-order valence-electron chi connectivity index (χ4n) is 3.96. The zero-order valence-corrected chi connectivity index (χ0v) is 19.3. The highest BCUT2D eigenvalue weighted by molar-refractivity contribution is 6.05. The molecule has 1 atom stereocenters. The van der Waals surface area contributed by atoms with Crippen molar-refractivity contribution in [3.8, 4) is 5.75 Å². The number of nitrogens with zero attached hydrogens (tertiary/aromatic N) is 3. The van der Waals surface area contributed by atoms with Crippen molar-refractivity contribution in [1.82, 2.24) is 4.90 Å². The van der Waals surface area contributed by atoms with Gasteiger partial charge in [0, 0.05) is 44.0 Å². The van der Waals surface area contributed by atoms with E-state index in [-0.39, 0.29) is 18.3 Å². The number of benzene rings is 2. The predicted octanol–water partition coefficient (Wildman–Crippen LogP) is 3.78. The lowest BCUT2D eigenvalue weighted by Gasteiger charge is -2.25. The van der Waals surface area contributed by atoms with Gasteiger partial charge in [-0.3, -0.25) is 9.69 Å². The van der Waals surface area contributed by atoms with E-state index in [0.29, 0.717) is 42.7 Å². The number of aliphatic hydroxyl groups is 1. The number of hydrogen-bond acceptors (Lipinski definition) is 5. The first-order valence-electron chi connectivity index (χ1n) is 11.3. The lowest BCUT2D eigenvalue weighted by atomic mass is 10.1. The van der Waals surface area contributed by atoms with Gasteiger partial charge in [-0.2, -0.15) is 0 Å². The molecule has 3 rings (SSSR count). The van der Waals surface area contributed by atoms with Gasteiger partial charge in [-0.15, -0.1) is 0 Å². The molecule has 0 radical (unpaired) electrons. The summed E-state index contributed by atoms with van der Waals surface area (Å²) in [4.78, 5) is 18.5. The van der Waals surface area contributed by atoms with Gasteiger partial charge in [0.1, 0.15) is 11.6 Å². The van der Waals surface area contributed by atoms with Crippen LogP contribution < -0.4 is 14.5 Å². The van der Waals surface area contributed by atoms with Gasteiger partial charge >= 0.3 is 0 Å². The van der Waals surface area contributed by atoms with E-state index in [1.54, 1.807) is 43.4 Å². The number of rotatable bonds is 10. The van der Waals surface area contributed by atoms with E-state index in [9.17, 15) is 9.18 Å². The van der Waals surface area contributed by atoms with Crippen molar-refractivity contribution < 1.29 is 19.0 Å². The molecule has 0 spiro atoms. The standard InChI is InChI=1S/C25H34FN3O3/c1-4-5-16-32-22-9-6-19(7-10-22)25(31)28(3)20-8-11-24(23(26)17-20)29-13-12-21(18-29)27(2)14-15-30/h6-11,17,21,30H,4-5,12-16,18H2,1-3H3. The van der Waals surface area contributed by atoms with E-state index in [0.717, 1.165) is 31.6 Å². The molecule has 174 valence electrons. The minimum Gasteiger partial charge on any atom is -0.494 e. The maximum Gasteiger partial charge on any atom is 0.258 e. The molecule has 1 unspecified atom stereocenters. The predicted molar refractivity (Wildman–Crippen MR) is 126 cm³/mol. The van der Waals surface area contributed by atoms with Crippen LogP contribution in [0.5, 0.6) is 5.75 Å². The second-order valence-corrected chi connectivity index (χ2v) is 8.32. The van der Waals surface area contributed by atoms with Crippen molar-refractivity contribution in [2.45, 2.75) is 32.2 Å². The second-order valence-electron chi connectivity index (χ2n) is 8.32. The van der Waals surface area contributed by atoms with Crippen LogP contribution in [-0.4, -0.2) is 68.9 Å². The molecular formula is C25H34FN3O3. The zero-order valence-electron chi connectivity index (χ0n) is 19.3. The van der Waals surface area contributed by atoms with Crippen LogP contribution in [0.15, 0.2) is 42.5 Å². The third-order valence-electron chi connectivity index (χ3n) is 6.07. The molecule has 1 aliphatic rings. The average molecular weight is 444 g/mol. The second kappa shape index (κ2) is 11.3. The van der Waals surface area contributed by atoms with Gasteiger partial charge in [-0.1, -0.05) is 13.3 Å². The topological polar surface area (TPSA) is 56.2 Å². The van der Waals surface area contributed by atoms with E-state index in [1.165, 1.54) is 11.0 Å². The van der Waals surface area contributed by atoms with Crippen molar-refractivity contribution in [2.24, 2.45) is 0 Å². The summed E-state index contributed by atoms with van der Waals surface area (Å²) in [5, 5.41) is 9.14. The van der Waals surface area contributed by atoms with Gasteiger partial charge < -0.3 is 19.6 Å². The molecule has 0 aromatic heterocycles. The number of amides is 1. The molecule has 7 heteroatoms. The fraction of sp³-hybridized carbons (Fsp3) is 0.480. The Balaban J connectivity index is 1.64. The number of anilines is 2. The molecule has 1 heterocycles. The van der Waals surface area contributed by atoms with Gasteiger partial charge in [-0.05, 0) is 62.4 Å². The number of halogens is 1. The summed E-state index contributed by atoms with van der Waals surface area (Å²) < 4.78 is 20.6. The lowest BCUT2D eigenvalue weighted by Crippen LogP contribution is -2.36. The van der Waals surface area contributed by atoms with Crippen LogP contribution in [-0.2, 0) is 0 Å². The number of aliphatic hydroxyl groups excluding tert-OH is 1. The molecule has 2 aromatic rings. The zero-order chi connectivity index (χ0) is 23.1. The molecule has 0 aliphatic carbocycles. The third-order valence-corrected chi connectivity index (χ3v) is 6.07. The molecule has 0 bridgehead atoms. The van der Waals surface area contributed by atoms with Crippen LogP contribution in [0, 0.1) is 5.82 Å². The molecule has 2 aromatic carbocycles. The monoisotopic (exact) mass is 443 g/mol. The Morgan fingerprint density at radius 2 is 1.97 bits per heavy atom. The summed E-state index contributed by atoms with van der Waals surface area (Å²) in [6.07, 6.45) is 2.98. The summed E-state index contributed by atoms with van der Waals surface area (Å²) in [5.41, 5.74) is 1.57. The first kappa shape index (κ1) is 24.0. The van der Waals surface area contributed by atoms with Crippen LogP contribution >= 0.6 is 0 Å². The Kier molecular flexibility index (Phi) is 8.47. The van der Waals surface area contributed by atoms with Crippen LogP contribution in [0.3, 0.4) is 0 Å². The Hall–Kier alpha value is -2.64. The van der Waals surface area contributed by atoms with Crippen molar-refractivity contribution in [3.05, 3.63) is 53.8 Å². The van der Waals surface area contributed by atoms with Gasteiger partial charge in [0.15, 0.2) is 0 Å². The van der Waals surface area contributed by atoms with Crippen molar-refractivity contribution in [1.29, 1.82) is 0 Å². The highest BCUT2D eigenvalue weighted by Gasteiger charge is 2.27. The molecular weight excluding hydrogens is 409 g/mol. The highest BCUT2D eigenvalue weighted by Crippen LogP contribution is 2.29. The first-order valence-corrected chi connectivity index (χ1v) is 11.3. The van der Waals surface area contributed by atoms with Crippen LogP contribution in [0.4, 0.5) is 15.8 Å². The smallest absolute Gasteiger partial charge is 0.258 e. The lowest BCUT2D eigenvalue weighted by molar-refractivity contribution is 0.0993. The normalized spacial score (nSPS) is 15.9. The maximum atomic E-state index is 15.0. The van der Waals surface area contributed by atoms with Gasteiger partial charge in [0.05, 0.1) is 18.9 Å². The molecule has 1 saturated heterocycles. The van der Waals surface area contributed by atoms with Gasteiger partial charge in [-0.25, -0.2) is 4.39 Å². The number of likely N-dealkylation sites (N-methyl/N-ethyl adjacent to an activating group) is 1. The van der Waals surface area contributed by atoms with Crippen LogP contribution in [0.2, 0.25) is 0 Å². The van der Waals surface area contributed by atoms with E-state index in [1.807, 2.05) is 11.9 Å².